The van der Waals surface area contributed by atoms with Crippen molar-refractivity contribution in [1.29, 1.82) is 0 Å². The average molecular weight is 786 g/mol. The SMILES string of the molecule is CC(C)CCCCCc1cccc(C(=O)[O-])c1C(=O)[O-].CC(C)CCCCCc1cccc(C(=O)[O-])c1C(=O)[O-].CCC[CH2][Sn+4][CH2]CCC. The second-order valence-electron chi connectivity index (χ2n) is 13.3. The van der Waals surface area contributed by atoms with Crippen LogP contribution in [0.25, 0.3) is 0 Å². The summed E-state index contributed by atoms with van der Waals surface area (Å²) in [6, 6.07) is 8.84. The summed E-state index contributed by atoms with van der Waals surface area (Å²) in [5.41, 5.74) is -0.0606. The second-order valence-corrected chi connectivity index (χ2v) is 17.6. The quantitative estimate of drug-likeness (QED) is 0.112. The predicted molar refractivity (Wildman–Crippen MR) is 189 cm³/mol. The summed E-state index contributed by atoms with van der Waals surface area (Å²) in [6.07, 6.45) is 15.1. The molecule has 0 aromatic heterocycles. The fourth-order valence-corrected chi connectivity index (χ4v) is 9.42. The molecule has 0 unspecified atom stereocenters. The van der Waals surface area contributed by atoms with Gasteiger partial charge < -0.3 is 39.6 Å². The first-order valence-corrected chi connectivity index (χ1v) is 22.1. The van der Waals surface area contributed by atoms with Crippen molar-refractivity contribution in [3.63, 3.8) is 0 Å². The first kappa shape index (κ1) is 46.1. The normalized spacial score (nSPS) is 10.6. The van der Waals surface area contributed by atoms with Gasteiger partial charge in [-0.05, 0) is 48.6 Å². The second kappa shape index (κ2) is 27.9. The number of carbonyl (C=O) groups is 4. The maximum absolute atomic E-state index is 11.1. The number of hydrogen-bond donors (Lipinski definition) is 0. The third kappa shape index (κ3) is 21.1. The number of carboxylic acid groups (broad SMARTS) is 4. The van der Waals surface area contributed by atoms with Crippen LogP contribution in [0, 0.1) is 11.8 Å². The van der Waals surface area contributed by atoms with Gasteiger partial charge in [0.2, 0.25) is 0 Å². The number of rotatable bonds is 22. The summed E-state index contributed by atoms with van der Waals surface area (Å²) >= 11 is 0.149. The summed E-state index contributed by atoms with van der Waals surface area (Å²) in [6.45, 7) is 13.2. The van der Waals surface area contributed by atoms with E-state index in [1.807, 2.05) is 0 Å². The van der Waals surface area contributed by atoms with Crippen LogP contribution in [0.4, 0.5) is 0 Å². The van der Waals surface area contributed by atoms with E-state index in [0.29, 0.717) is 35.8 Å². The summed E-state index contributed by atoms with van der Waals surface area (Å²) in [5, 5.41) is 44.1. The number of unbranched alkanes of at least 4 members (excludes halogenated alkanes) is 6. The molecule has 2 aromatic carbocycles. The Kier molecular flexibility index (Phi) is 26.2. The van der Waals surface area contributed by atoms with Crippen LogP contribution in [0.15, 0.2) is 36.4 Å². The molecule has 0 N–H and O–H groups in total. The number of aromatic carboxylic acids is 4. The van der Waals surface area contributed by atoms with Crippen LogP contribution >= 0.6 is 0 Å². The molecule has 49 heavy (non-hydrogen) atoms. The van der Waals surface area contributed by atoms with Gasteiger partial charge in [0.15, 0.2) is 0 Å². The first-order valence-electron chi connectivity index (χ1n) is 18.1. The Hall–Kier alpha value is -2.88. The average Bonchev–Trinajstić information content (AvgIpc) is 3.04. The third-order valence-electron chi connectivity index (χ3n) is 8.02. The molecule has 2 aromatic rings. The van der Waals surface area contributed by atoms with Crippen molar-refractivity contribution >= 4 is 45.0 Å². The minimum absolute atomic E-state index is 0.149. The summed E-state index contributed by atoms with van der Waals surface area (Å²) in [5.74, 6) is -4.55. The van der Waals surface area contributed by atoms with Crippen molar-refractivity contribution in [1.82, 2.24) is 0 Å². The number of carbonyl (C=O) groups excluding carboxylic acids is 4. The van der Waals surface area contributed by atoms with Crippen LogP contribution in [0.5, 0.6) is 0 Å². The van der Waals surface area contributed by atoms with Gasteiger partial charge in [-0.2, -0.15) is 0 Å². The van der Waals surface area contributed by atoms with E-state index in [1.54, 1.807) is 33.1 Å². The molecule has 0 saturated carbocycles. The molecular weight excluding hydrogens is 727 g/mol. The standard InChI is InChI=1S/2C16H22O4.2C4H9.Sn/c2*1-11(2)7-4-3-5-8-12-9-6-10-13(15(17)18)14(12)16(19)20;2*1-3-4-2;/h2*6,9-11H,3-5,7-8H2,1-2H3,(H,17,18)(H,19,20);2*1,3-4H2,2H3;/q;;;;+4/p-4. The van der Waals surface area contributed by atoms with E-state index in [-0.39, 0.29) is 43.4 Å². The number of aryl methyl sites for hydroxylation is 2. The Balaban J connectivity index is 0.000000758. The van der Waals surface area contributed by atoms with E-state index in [9.17, 15) is 39.6 Å². The van der Waals surface area contributed by atoms with Crippen molar-refractivity contribution in [2.24, 2.45) is 11.8 Å². The number of carboxylic acids is 4. The minimum atomic E-state index is -1.48. The van der Waals surface area contributed by atoms with Crippen LogP contribution in [0.2, 0.25) is 8.87 Å². The van der Waals surface area contributed by atoms with Crippen LogP contribution < -0.4 is 20.4 Å². The molecule has 0 atom stereocenters. The van der Waals surface area contributed by atoms with E-state index in [0.717, 1.165) is 51.4 Å². The topological polar surface area (TPSA) is 161 Å². The van der Waals surface area contributed by atoms with Gasteiger partial charge in [0.25, 0.3) is 0 Å². The molecule has 0 spiro atoms. The molecule has 2 rings (SSSR count). The van der Waals surface area contributed by atoms with Crippen molar-refractivity contribution in [2.75, 3.05) is 0 Å². The van der Waals surface area contributed by atoms with Crippen molar-refractivity contribution in [2.45, 2.75) is 140 Å². The fourth-order valence-electron chi connectivity index (χ4n) is 5.26. The van der Waals surface area contributed by atoms with Crippen LogP contribution in [-0.2, 0) is 12.8 Å². The maximum atomic E-state index is 11.1. The van der Waals surface area contributed by atoms with Crippen molar-refractivity contribution in [3.05, 3.63) is 69.8 Å². The Morgan fingerprint density at radius 2 is 0.898 bits per heavy atom. The third-order valence-corrected chi connectivity index (χ3v) is 12.1. The van der Waals surface area contributed by atoms with E-state index in [4.69, 9.17) is 0 Å². The van der Waals surface area contributed by atoms with Crippen molar-refractivity contribution in [3.8, 4) is 0 Å². The van der Waals surface area contributed by atoms with Gasteiger partial charge in [-0.3, -0.25) is 0 Å². The van der Waals surface area contributed by atoms with Gasteiger partial charge >= 0.3 is 69.5 Å². The first-order chi connectivity index (χ1) is 23.3. The molecule has 0 bridgehead atoms. The Labute approximate surface area is 305 Å². The molecule has 0 saturated heterocycles. The van der Waals surface area contributed by atoms with Gasteiger partial charge in [0.1, 0.15) is 0 Å². The van der Waals surface area contributed by atoms with Crippen molar-refractivity contribution < 1.29 is 39.6 Å². The summed E-state index contributed by atoms with van der Waals surface area (Å²) < 4.78 is 3.25. The Morgan fingerprint density at radius 1 is 0.531 bits per heavy atom. The van der Waals surface area contributed by atoms with Gasteiger partial charge in [-0.25, -0.2) is 0 Å². The number of hydrogen-bond acceptors (Lipinski definition) is 8. The molecule has 6 radical (unpaired) electrons. The molecule has 0 amide bonds. The van der Waals surface area contributed by atoms with E-state index < -0.39 is 23.9 Å². The molecule has 9 heteroatoms. The molecule has 0 heterocycles. The molecule has 0 aliphatic heterocycles. The number of benzene rings is 2. The zero-order valence-corrected chi connectivity index (χ0v) is 33.6. The van der Waals surface area contributed by atoms with Crippen LogP contribution in [0.3, 0.4) is 0 Å². The zero-order chi connectivity index (χ0) is 37.2. The van der Waals surface area contributed by atoms with E-state index in [1.165, 1.54) is 37.8 Å². The predicted octanol–water partition coefficient (Wildman–Crippen LogP) is 5.47. The zero-order valence-electron chi connectivity index (χ0n) is 30.7. The molecular formula is C40H58O8Sn. The molecule has 0 aliphatic carbocycles. The molecule has 0 aliphatic rings. The van der Waals surface area contributed by atoms with Gasteiger partial charge in [0, 0.05) is 22.3 Å². The Morgan fingerprint density at radius 3 is 1.18 bits per heavy atom. The van der Waals surface area contributed by atoms with E-state index >= 15 is 0 Å². The summed E-state index contributed by atoms with van der Waals surface area (Å²) in [7, 11) is 0. The van der Waals surface area contributed by atoms with Crippen LogP contribution in [-0.4, -0.2) is 45.0 Å². The van der Waals surface area contributed by atoms with E-state index in [2.05, 4.69) is 41.5 Å². The Bertz CT molecular complexity index is 1160. The fraction of sp³-hybridized carbons (Fsp3) is 0.600. The molecule has 270 valence electrons. The van der Waals surface area contributed by atoms with Crippen LogP contribution in [0.1, 0.15) is 171 Å². The van der Waals surface area contributed by atoms with Gasteiger partial charge in [-0.15, -0.1) is 0 Å². The van der Waals surface area contributed by atoms with Gasteiger partial charge in [-0.1, -0.05) is 103 Å². The molecule has 0 fully saturated rings. The monoisotopic (exact) mass is 786 g/mol. The molecule has 8 nitrogen and oxygen atoms in total. The summed E-state index contributed by atoms with van der Waals surface area (Å²) in [4.78, 5) is 44.1. The van der Waals surface area contributed by atoms with Gasteiger partial charge in [0.05, 0.1) is 23.9 Å².